The fraction of sp³-hybridized carbons (Fsp3) is 0.754. The van der Waals surface area contributed by atoms with Crippen LogP contribution < -0.4 is 0 Å². The third-order valence-corrected chi connectivity index (χ3v) is 12.2. The molecule has 0 aromatic rings. The van der Waals surface area contributed by atoms with E-state index in [2.05, 4.69) is 93.7 Å². The van der Waals surface area contributed by atoms with Crippen LogP contribution in [0.15, 0.2) is 72.9 Å². The molecule has 0 fully saturated rings. The van der Waals surface area contributed by atoms with E-state index in [4.69, 9.17) is 14.2 Å². The summed E-state index contributed by atoms with van der Waals surface area (Å²) in [6.07, 6.45) is 70.3. The van der Waals surface area contributed by atoms with Crippen molar-refractivity contribution >= 4 is 17.9 Å². The molecular weight excluding hydrogens is 829 g/mol. The minimum absolute atomic E-state index is 0.0908. The SMILES string of the molecule is CC/C=C\C/C=C\C/C=C\C/C=C\CCCCC(=O)OCC(COC(=O)CCCCCCCCC/C=C\C/C=C\CCCCC)OC(=O)CCCCCCCCCCCCCCCCCCC. The van der Waals surface area contributed by atoms with Crippen molar-refractivity contribution in [1.29, 1.82) is 0 Å². The van der Waals surface area contributed by atoms with Crippen molar-refractivity contribution in [2.45, 2.75) is 284 Å². The monoisotopic (exact) mass is 935 g/mol. The summed E-state index contributed by atoms with van der Waals surface area (Å²) in [7, 11) is 0. The normalized spacial score (nSPS) is 12.6. The van der Waals surface area contributed by atoms with Gasteiger partial charge >= 0.3 is 17.9 Å². The van der Waals surface area contributed by atoms with Gasteiger partial charge in [0.05, 0.1) is 0 Å². The van der Waals surface area contributed by atoms with Crippen LogP contribution in [-0.4, -0.2) is 37.2 Å². The third kappa shape index (κ3) is 53.7. The molecule has 386 valence electrons. The molecule has 6 heteroatoms. The molecule has 0 aliphatic carbocycles. The number of carbonyl (C=O) groups is 3. The van der Waals surface area contributed by atoms with Crippen molar-refractivity contribution in [3.63, 3.8) is 0 Å². The Labute approximate surface area is 414 Å². The minimum Gasteiger partial charge on any atom is -0.462 e. The predicted octanol–water partition coefficient (Wildman–Crippen LogP) is 19.0. The van der Waals surface area contributed by atoms with Crippen LogP contribution in [0, 0.1) is 0 Å². The second-order valence-electron chi connectivity index (χ2n) is 18.8. The lowest BCUT2D eigenvalue weighted by Gasteiger charge is -2.18. The molecule has 0 amide bonds. The molecule has 0 rings (SSSR count). The fourth-order valence-electron chi connectivity index (χ4n) is 7.93. The molecule has 1 atom stereocenters. The van der Waals surface area contributed by atoms with Crippen LogP contribution in [0.5, 0.6) is 0 Å². The van der Waals surface area contributed by atoms with Crippen molar-refractivity contribution in [2.24, 2.45) is 0 Å². The molecule has 0 N–H and O–H groups in total. The van der Waals surface area contributed by atoms with Gasteiger partial charge in [0.2, 0.25) is 0 Å². The minimum atomic E-state index is -0.794. The predicted molar refractivity (Wildman–Crippen MR) is 288 cm³/mol. The average molecular weight is 936 g/mol. The van der Waals surface area contributed by atoms with Crippen LogP contribution in [0.1, 0.15) is 278 Å². The lowest BCUT2D eigenvalue weighted by Crippen LogP contribution is -2.30. The topological polar surface area (TPSA) is 78.9 Å². The number of hydrogen-bond acceptors (Lipinski definition) is 6. The van der Waals surface area contributed by atoms with Gasteiger partial charge in [0.1, 0.15) is 13.2 Å². The first kappa shape index (κ1) is 63.8. The van der Waals surface area contributed by atoms with Gasteiger partial charge in [0.15, 0.2) is 6.10 Å². The van der Waals surface area contributed by atoms with E-state index in [-0.39, 0.29) is 31.1 Å². The summed E-state index contributed by atoms with van der Waals surface area (Å²) in [5, 5.41) is 0. The Bertz CT molecular complexity index is 1260. The largest absolute Gasteiger partial charge is 0.462 e. The third-order valence-electron chi connectivity index (χ3n) is 12.2. The first-order valence-corrected chi connectivity index (χ1v) is 28.4. The van der Waals surface area contributed by atoms with Crippen molar-refractivity contribution in [1.82, 2.24) is 0 Å². The molecular formula is C61H106O6. The van der Waals surface area contributed by atoms with E-state index in [1.807, 2.05) is 0 Å². The Balaban J connectivity index is 4.43. The fourth-order valence-corrected chi connectivity index (χ4v) is 7.93. The molecule has 0 aliphatic heterocycles. The molecule has 67 heavy (non-hydrogen) atoms. The Hall–Kier alpha value is -3.15. The van der Waals surface area contributed by atoms with Crippen LogP contribution in [0.4, 0.5) is 0 Å². The second-order valence-corrected chi connectivity index (χ2v) is 18.8. The first-order chi connectivity index (χ1) is 33.0. The Kier molecular flexibility index (Phi) is 52.8. The highest BCUT2D eigenvalue weighted by Gasteiger charge is 2.19. The summed E-state index contributed by atoms with van der Waals surface area (Å²) >= 11 is 0. The van der Waals surface area contributed by atoms with E-state index < -0.39 is 6.10 Å². The van der Waals surface area contributed by atoms with Gasteiger partial charge in [0, 0.05) is 19.3 Å². The summed E-state index contributed by atoms with van der Waals surface area (Å²) in [5.74, 6) is -0.931. The molecule has 6 nitrogen and oxygen atoms in total. The van der Waals surface area contributed by atoms with Crippen molar-refractivity contribution < 1.29 is 28.6 Å². The second kappa shape index (κ2) is 55.4. The Morgan fingerprint density at radius 2 is 0.582 bits per heavy atom. The molecule has 0 radical (unpaired) electrons. The molecule has 0 aromatic heterocycles. The van der Waals surface area contributed by atoms with Gasteiger partial charge < -0.3 is 14.2 Å². The summed E-state index contributed by atoms with van der Waals surface area (Å²) in [5.41, 5.74) is 0. The summed E-state index contributed by atoms with van der Waals surface area (Å²) in [6, 6.07) is 0. The zero-order valence-electron chi connectivity index (χ0n) is 44.2. The number of hydrogen-bond donors (Lipinski definition) is 0. The molecule has 0 saturated carbocycles. The Morgan fingerprint density at radius 3 is 0.970 bits per heavy atom. The van der Waals surface area contributed by atoms with Gasteiger partial charge in [0.25, 0.3) is 0 Å². The molecule has 0 heterocycles. The molecule has 0 aliphatic rings. The lowest BCUT2D eigenvalue weighted by molar-refractivity contribution is -0.167. The van der Waals surface area contributed by atoms with Crippen LogP contribution in [0.25, 0.3) is 0 Å². The van der Waals surface area contributed by atoms with E-state index in [1.54, 1.807) is 0 Å². The zero-order chi connectivity index (χ0) is 48.6. The number of carbonyl (C=O) groups excluding carboxylic acids is 3. The van der Waals surface area contributed by atoms with Crippen LogP contribution in [0.2, 0.25) is 0 Å². The molecule has 0 spiro atoms. The van der Waals surface area contributed by atoms with Gasteiger partial charge in [-0.05, 0) is 89.9 Å². The highest BCUT2D eigenvalue weighted by molar-refractivity contribution is 5.71. The van der Waals surface area contributed by atoms with Gasteiger partial charge in [-0.1, -0.05) is 241 Å². The number of allylic oxidation sites excluding steroid dienone is 12. The van der Waals surface area contributed by atoms with Gasteiger partial charge in [-0.25, -0.2) is 0 Å². The van der Waals surface area contributed by atoms with Crippen molar-refractivity contribution in [2.75, 3.05) is 13.2 Å². The number of unbranched alkanes of at least 4 members (excludes halogenated alkanes) is 28. The summed E-state index contributed by atoms with van der Waals surface area (Å²) in [6.45, 7) is 6.48. The smallest absolute Gasteiger partial charge is 0.306 e. The van der Waals surface area contributed by atoms with Gasteiger partial charge in [-0.15, -0.1) is 0 Å². The van der Waals surface area contributed by atoms with E-state index >= 15 is 0 Å². The quantitative estimate of drug-likeness (QED) is 0.0262. The number of esters is 3. The summed E-state index contributed by atoms with van der Waals surface area (Å²) < 4.78 is 16.8. The molecule has 1 unspecified atom stereocenters. The first-order valence-electron chi connectivity index (χ1n) is 28.4. The van der Waals surface area contributed by atoms with E-state index in [1.165, 1.54) is 141 Å². The molecule has 0 saturated heterocycles. The summed E-state index contributed by atoms with van der Waals surface area (Å²) in [4.78, 5) is 38.1. The zero-order valence-corrected chi connectivity index (χ0v) is 44.2. The van der Waals surface area contributed by atoms with E-state index in [9.17, 15) is 14.4 Å². The van der Waals surface area contributed by atoms with E-state index in [0.29, 0.717) is 19.3 Å². The standard InChI is InChI=1S/C61H106O6/c1-4-7-10-13-16-19-22-25-28-30-33-36-39-42-45-48-51-54-60(63)66-57-58(56-65-59(62)53-50-47-44-41-38-35-32-27-24-21-18-15-12-9-6-3)67-61(64)55-52-49-46-43-40-37-34-31-29-26-23-20-17-14-11-8-5-2/h9,12,16,18-19,21,25,27-28,32,38,41,58H,4-8,10-11,13-15,17,20,22-24,26,29-31,33-37,39-40,42-57H2,1-3H3/b12-9-,19-16-,21-18-,28-25-,32-27-,41-38-. The van der Waals surface area contributed by atoms with Crippen LogP contribution >= 0.6 is 0 Å². The van der Waals surface area contributed by atoms with E-state index in [0.717, 1.165) is 96.3 Å². The molecule has 0 bridgehead atoms. The van der Waals surface area contributed by atoms with Gasteiger partial charge in [-0.2, -0.15) is 0 Å². The van der Waals surface area contributed by atoms with Crippen LogP contribution in [-0.2, 0) is 28.6 Å². The lowest BCUT2D eigenvalue weighted by atomic mass is 10.0. The van der Waals surface area contributed by atoms with Crippen LogP contribution in [0.3, 0.4) is 0 Å². The van der Waals surface area contributed by atoms with Crippen molar-refractivity contribution in [3.05, 3.63) is 72.9 Å². The highest BCUT2D eigenvalue weighted by atomic mass is 16.6. The number of ether oxygens (including phenoxy) is 3. The molecule has 0 aromatic carbocycles. The highest BCUT2D eigenvalue weighted by Crippen LogP contribution is 2.16. The maximum absolute atomic E-state index is 12.9. The Morgan fingerprint density at radius 1 is 0.313 bits per heavy atom. The van der Waals surface area contributed by atoms with Crippen molar-refractivity contribution in [3.8, 4) is 0 Å². The van der Waals surface area contributed by atoms with Gasteiger partial charge in [-0.3, -0.25) is 14.4 Å². The maximum atomic E-state index is 12.9. The average Bonchev–Trinajstić information content (AvgIpc) is 3.33. The number of rotatable bonds is 51. The maximum Gasteiger partial charge on any atom is 0.306 e.